The number of hydrogen-bond donors (Lipinski definition) is 3. The quantitative estimate of drug-likeness (QED) is 0.669. The van der Waals surface area contributed by atoms with E-state index in [9.17, 15) is 4.79 Å². The normalized spacial score (nSPS) is 23.6. The van der Waals surface area contributed by atoms with Crippen molar-refractivity contribution >= 4 is 17.0 Å². The summed E-state index contributed by atoms with van der Waals surface area (Å²) in [6, 6.07) is 16.7. The van der Waals surface area contributed by atoms with E-state index in [1.807, 2.05) is 30.3 Å². The van der Waals surface area contributed by atoms with Gasteiger partial charge in [0.15, 0.2) is 0 Å². The zero-order valence-corrected chi connectivity index (χ0v) is 15.1. The number of carbonyl (C=O) groups excluding carboxylic acids is 1. The van der Waals surface area contributed by atoms with Gasteiger partial charge in [0.05, 0.1) is 0 Å². The first-order chi connectivity index (χ1) is 13.3. The van der Waals surface area contributed by atoms with Gasteiger partial charge in [0.2, 0.25) is 0 Å². The maximum absolute atomic E-state index is 12.2. The summed E-state index contributed by atoms with van der Waals surface area (Å²) < 4.78 is 5.39. The highest BCUT2D eigenvalue weighted by Gasteiger charge is 2.36. The summed E-state index contributed by atoms with van der Waals surface area (Å²) >= 11 is 0. The number of ether oxygens (including phenoxy) is 1. The average Bonchev–Trinajstić information content (AvgIpc) is 3.12. The Morgan fingerprint density at radius 3 is 2.93 bits per heavy atom. The number of amides is 1. The van der Waals surface area contributed by atoms with Gasteiger partial charge >= 0.3 is 6.09 Å². The number of H-pyrrole nitrogens is 1. The van der Waals surface area contributed by atoms with E-state index in [1.165, 1.54) is 22.0 Å². The van der Waals surface area contributed by atoms with Gasteiger partial charge in [-0.3, -0.25) is 0 Å². The van der Waals surface area contributed by atoms with Gasteiger partial charge in [0.25, 0.3) is 0 Å². The second kappa shape index (κ2) is 6.74. The number of hydrogen-bond acceptors (Lipinski definition) is 3. The first-order valence-corrected chi connectivity index (χ1v) is 9.57. The molecule has 2 aliphatic rings. The Kier molecular flexibility index (Phi) is 4.09. The summed E-state index contributed by atoms with van der Waals surface area (Å²) in [6.45, 7) is 1.07. The molecule has 5 rings (SSSR count). The molecule has 0 spiro atoms. The second-order valence-electron chi connectivity index (χ2n) is 7.55. The van der Waals surface area contributed by atoms with E-state index in [4.69, 9.17) is 4.74 Å². The highest BCUT2D eigenvalue weighted by Crippen LogP contribution is 2.40. The highest BCUT2D eigenvalue weighted by atomic mass is 16.5. The number of benzene rings is 2. The molecule has 1 fully saturated rings. The molecule has 1 saturated heterocycles. The molecule has 3 aromatic rings. The Labute approximate surface area is 158 Å². The van der Waals surface area contributed by atoms with Crippen LogP contribution in [0.4, 0.5) is 4.79 Å². The van der Waals surface area contributed by atoms with Crippen molar-refractivity contribution in [1.29, 1.82) is 0 Å². The van der Waals surface area contributed by atoms with Gasteiger partial charge in [-0.25, -0.2) is 4.79 Å². The number of rotatable bonds is 3. The van der Waals surface area contributed by atoms with Crippen LogP contribution < -0.4 is 10.6 Å². The van der Waals surface area contributed by atoms with Crippen LogP contribution in [0.15, 0.2) is 54.7 Å². The smallest absolute Gasteiger partial charge is 0.407 e. The molecule has 1 aliphatic carbocycles. The number of aromatic nitrogens is 1. The lowest BCUT2D eigenvalue weighted by Gasteiger charge is -2.40. The molecule has 1 aromatic heterocycles. The van der Waals surface area contributed by atoms with Crippen molar-refractivity contribution in [3.63, 3.8) is 0 Å². The van der Waals surface area contributed by atoms with Gasteiger partial charge in [-0.15, -0.1) is 0 Å². The molecule has 1 unspecified atom stereocenters. The second-order valence-corrected chi connectivity index (χ2v) is 7.55. The highest BCUT2D eigenvalue weighted by molar-refractivity contribution is 5.88. The largest absolute Gasteiger partial charge is 0.445 e. The Hall–Kier alpha value is -2.79. The molecular formula is C22H23N3O2. The van der Waals surface area contributed by atoms with E-state index >= 15 is 0 Å². The average molecular weight is 361 g/mol. The summed E-state index contributed by atoms with van der Waals surface area (Å²) in [5.74, 6) is 0.408. The SMILES string of the molecule is O=C(N[C@@H]1CN[C@@H]2Cc3c[nH]c4cccc(c34)C2C1)OCc1ccccc1. The molecule has 0 saturated carbocycles. The Bertz CT molecular complexity index is 966. The van der Waals surface area contributed by atoms with Crippen LogP contribution in [-0.2, 0) is 17.8 Å². The molecular weight excluding hydrogens is 338 g/mol. The van der Waals surface area contributed by atoms with Crippen molar-refractivity contribution in [1.82, 2.24) is 15.6 Å². The summed E-state index contributed by atoms with van der Waals surface area (Å²) in [4.78, 5) is 15.6. The number of nitrogens with one attached hydrogen (secondary N) is 3. The van der Waals surface area contributed by atoms with E-state index in [-0.39, 0.29) is 12.1 Å². The van der Waals surface area contributed by atoms with Crippen LogP contribution in [0.1, 0.15) is 29.0 Å². The number of alkyl carbamates (subject to hydrolysis) is 1. The predicted octanol–water partition coefficient (Wildman–Crippen LogP) is 3.46. The number of piperidine rings is 1. The van der Waals surface area contributed by atoms with Crippen molar-refractivity contribution < 1.29 is 9.53 Å². The van der Waals surface area contributed by atoms with Crippen LogP contribution in [0.2, 0.25) is 0 Å². The van der Waals surface area contributed by atoms with Crippen LogP contribution >= 0.6 is 0 Å². The molecule has 1 amide bonds. The van der Waals surface area contributed by atoms with Gasteiger partial charge in [-0.2, -0.15) is 0 Å². The van der Waals surface area contributed by atoms with Crippen LogP contribution in [0.25, 0.3) is 10.9 Å². The molecule has 3 atom stereocenters. The predicted molar refractivity (Wildman–Crippen MR) is 105 cm³/mol. The summed E-state index contributed by atoms with van der Waals surface area (Å²) in [7, 11) is 0. The van der Waals surface area contributed by atoms with Crippen molar-refractivity contribution in [2.45, 2.75) is 37.5 Å². The maximum atomic E-state index is 12.2. The van der Waals surface area contributed by atoms with E-state index in [1.54, 1.807) is 0 Å². The van der Waals surface area contributed by atoms with E-state index in [0.717, 1.165) is 24.9 Å². The van der Waals surface area contributed by atoms with Crippen molar-refractivity contribution in [2.75, 3.05) is 6.54 Å². The van der Waals surface area contributed by atoms with E-state index in [2.05, 4.69) is 40.0 Å². The lowest BCUT2D eigenvalue weighted by molar-refractivity contribution is 0.131. The van der Waals surface area contributed by atoms with Crippen LogP contribution in [0.3, 0.4) is 0 Å². The van der Waals surface area contributed by atoms with Gasteiger partial charge < -0.3 is 20.4 Å². The van der Waals surface area contributed by atoms with E-state index < -0.39 is 0 Å². The van der Waals surface area contributed by atoms with Crippen molar-refractivity contribution in [3.8, 4) is 0 Å². The fourth-order valence-electron chi connectivity index (χ4n) is 4.58. The van der Waals surface area contributed by atoms with Crippen LogP contribution in [-0.4, -0.2) is 29.7 Å². The zero-order chi connectivity index (χ0) is 18.2. The maximum Gasteiger partial charge on any atom is 0.407 e. The number of carbonyl (C=O) groups is 1. The Balaban J connectivity index is 1.26. The molecule has 5 nitrogen and oxygen atoms in total. The Morgan fingerprint density at radius 2 is 2.04 bits per heavy atom. The minimum absolute atomic E-state index is 0.0743. The molecule has 3 N–H and O–H groups in total. The molecule has 0 bridgehead atoms. The van der Waals surface area contributed by atoms with Gasteiger partial charge in [-0.05, 0) is 35.6 Å². The minimum Gasteiger partial charge on any atom is -0.445 e. The monoisotopic (exact) mass is 361 g/mol. The topological polar surface area (TPSA) is 66.2 Å². The molecule has 2 aromatic carbocycles. The zero-order valence-electron chi connectivity index (χ0n) is 15.1. The summed E-state index contributed by atoms with van der Waals surface area (Å²) in [6.07, 6.45) is 3.76. The molecule has 0 radical (unpaired) electrons. The number of aromatic amines is 1. The van der Waals surface area contributed by atoms with Crippen LogP contribution in [0, 0.1) is 0 Å². The third-order valence-corrected chi connectivity index (χ3v) is 5.84. The van der Waals surface area contributed by atoms with Gasteiger partial charge in [0.1, 0.15) is 6.61 Å². The molecule has 27 heavy (non-hydrogen) atoms. The fraction of sp³-hybridized carbons (Fsp3) is 0.318. The lowest BCUT2D eigenvalue weighted by Crippen LogP contribution is -2.54. The Morgan fingerprint density at radius 1 is 1.15 bits per heavy atom. The third kappa shape index (κ3) is 3.08. The summed E-state index contributed by atoms with van der Waals surface area (Å²) in [5, 5.41) is 8.05. The first kappa shape index (κ1) is 16.4. The third-order valence-electron chi connectivity index (χ3n) is 5.84. The van der Waals surface area contributed by atoms with Gasteiger partial charge in [-0.1, -0.05) is 42.5 Å². The molecule has 1 aliphatic heterocycles. The van der Waals surface area contributed by atoms with E-state index in [0.29, 0.717) is 18.6 Å². The first-order valence-electron chi connectivity index (χ1n) is 9.57. The fourth-order valence-corrected chi connectivity index (χ4v) is 4.58. The van der Waals surface area contributed by atoms with Crippen molar-refractivity contribution in [2.24, 2.45) is 0 Å². The van der Waals surface area contributed by atoms with Gasteiger partial charge in [0, 0.05) is 41.6 Å². The van der Waals surface area contributed by atoms with Crippen molar-refractivity contribution in [3.05, 3.63) is 71.4 Å². The lowest BCUT2D eigenvalue weighted by atomic mass is 9.75. The molecule has 5 heteroatoms. The van der Waals surface area contributed by atoms with Crippen LogP contribution in [0.5, 0.6) is 0 Å². The molecule has 138 valence electrons. The number of fused-ring (bicyclic) bond motifs is 2. The summed E-state index contributed by atoms with van der Waals surface area (Å²) in [5.41, 5.74) is 4.98. The molecule has 2 heterocycles. The standard InChI is InChI=1S/C22H23N3O2/c26-22(27-13-14-5-2-1-3-6-14)25-16-10-18-17-7-4-8-19-21(17)15(11-23-19)9-20(18)24-12-16/h1-8,11,16,18,20,23-24H,9-10,12-13H2,(H,25,26)/t16-,18?,20+/m0/s1. The minimum atomic E-state index is -0.347.